The van der Waals surface area contributed by atoms with Gasteiger partial charge in [-0.3, -0.25) is 4.68 Å². The molecule has 0 saturated heterocycles. The van der Waals surface area contributed by atoms with E-state index < -0.39 is 0 Å². The molecule has 1 aromatic heterocycles. The minimum absolute atomic E-state index is 0.0911. The monoisotopic (exact) mass is 282 g/mol. The molecule has 0 N–H and O–H groups in total. The second kappa shape index (κ2) is 5.58. The van der Waals surface area contributed by atoms with Gasteiger partial charge < -0.3 is 4.74 Å². The van der Waals surface area contributed by atoms with Gasteiger partial charge in [-0.2, -0.15) is 5.10 Å². The Labute approximate surface area is 120 Å². The van der Waals surface area contributed by atoms with Crippen LogP contribution in [-0.2, 0) is 6.54 Å². The number of ether oxygens (including phenoxy) is 1. The fourth-order valence-corrected chi connectivity index (χ4v) is 3.41. The molecule has 0 fully saturated rings. The van der Waals surface area contributed by atoms with Crippen LogP contribution in [0, 0.1) is 5.41 Å². The van der Waals surface area contributed by atoms with Gasteiger partial charge in [-0.1, -0.05) is 26.8 Å². The van der Waals surface area contributed by atoms with Crippen LogP contribution in [0.2, 0.25) is 0 Å². The molecule has 1 aliphatic rings. The van der Waals surface area contributed by atoms with Crippen LogP contribution in [0.1, 0.15) is 45.7 Å². The third-order valence-electron chi connectivity index (χ3n) is 3.56. The zero-order valence-electron chi connectivity index (χ0n) is 12.2. The van der Waals surface area contributed by atoms with Crippen molar-refractivity contribution >= 4 is 17.2 Å². The second-order valence-electron chi connectivity index (χ2n) is 6.04. The summed E-state index contributed by atoms with van der Waals surface area (Å²) in [5, 5.41) is 4.52. The maximum Gasteiger partial charge on any atom is 0.164 e. The summed E-state index contributed by atoms with van der Waals surface area (Å²) >= 11 is 6.39. The molecule has 0 bridgehead atoms. The van der Waals surface area contributed by atoms with Crippen molar-refractivity contribution in [3.05, 3.63) is 18.0 Å². The van der Waals surface area contributed by atoms with Crippen LogP contribution < -0.4 is 4.74 Å². The van der Waals surface area contributed by atoms with Crippen LogP contribution in [0.4, 0.5) is 0 Å². The highest BCUT2D eigenvalue weighted by atomic mass is 35.5. The smallest absolute Gasteiger partial charge is 0.164 e. The van der Waals surface area contributed by atoms with Crippen LogP contribution in [0.3, 0.4) is 0 Å². The minimum Gasteiger partial charge on any atom is -0.493 e. The third-order valence-corrected chi connectivity index (χ3v) is 3.84. The molecule has 2 rings (SSSR count). The Morgan fingerprint density at radius 1 is 1.53 bits per heavy atom. The highest BCUT2D eigenvalue weighted by Crippen LogP contribution is 2.43. The summed E-state index contributed by atoms with van der Waals surface area (Å²) in [5.74, 6) is 0.848. The van der Waals surface area contributed by atoms with Gasteiger partial charge >= 0.3 is 0 Å². The Morgan fingerprint density at radius 3 is 2.84 bits per heavy atom. The number of rotatable bonds is 4. The molecule has 1 atom stereocenters. The van der Waals surface area contributed by atoms with Gasteiger partial charge in [-0.25, -0.2) is 0 Å². The van der Waals surface area contributed by atoms with Gasteiger partial charge in [0.15, 0.2) is 5.75 Å². The summed E-state index contributed by atoms with van der Waals surface area (Å²) in [6.07, 6.45) is 7.05. The van der Waals surface area contributed by atoms with Crippen molar-refractivity contribution in [1.29, 1.82) is 0 Å². The first-order valence-electron chi connectivity index (χ1n) is 6.92. The van der Waals surface area contributed by atoms with Crippen LogP contribution in [-0.4, -0.2) is 22.3 Å². The average Bonchev–Trinajstić information content (AvgIpc) is 2.69. The fraction of sp³-hybridized carbons (Fsp3) is 0.667. The lowest BCUT2D eigenvalue weighted by Gasteiger charge is -2.32. The number of halogens is 1. The second-order valence-corrected chi connectivity index (χ2v) is 6.60. The van der Waals surface area contributed by atoms with Gasteiger partial charge in [0.2, 0.25) is 0 Å². The topological polar surface area (TPSA) is 27.1 Å². The van der Waals surface area contributed by atoms with Crippen LogP contribution in [0.15, 0.2) is 12.3 Å². The standard InChI is InChI=1S/C15H23ClN2O/c1-5-6-18-14(13(19-4)10-17-18)11-7-12(16)9-15(2,3)8-11/h7,10,12H,5-6,8-9H2,1-4H3. The number of aromatic nitrogens is 2. The zero-order chi connectivity index (χ0) is 14.0. The van der Waals surface area contributed by atoms with Gasteiger partial charge in [0.25, 0.3) is 0 Å². The van der Waals surface area contributed by atoms with E-state index in [1.807, 2.05) is 4.68 Å². The largest absolute Gasteiger partial charge is 0.493 e. The number of hydrogen-bond acceptors (Lipinski definition) is 2. The van der Waals surface area contributed by atoms with E-state index in [9.17, 15) is 0 Å². The van der Waals surface area contributed by atoms with Crippen LogP contribution in [0.25, 0.3) is 5.57 Å². The lowest BCUT2D eigenvalue weighted by Crippen LogP contribution is -2.22. The minimum atomic E-state index is 0.0911. The fourth-order valence-electron chi connectivity index (χ4n) is 2.84. The highest BCUT2D eigenvalue weighted by molar-refractivity contribution is 6.22. The zero-order valence-corrected chi connectivity index (χ0v) is 13.0. The normalized spacial score (nSPS) is 22.2. The summed E-state index contributed by atoms with van der Waals surface area (Å²) < 4.78 is 7.50. The van der Waals surface area contributed by atoms with E-state index in [0.29, 0.717) is 0 Å². The maximum absolute atomic E-state index is 6.39. The maximum atomic E-state index is 6.39. The molecule has 4 heteroatoms. The SMILES string of the molecule is CCCn1ncc(OC)c1C1=CC(Cl)CC(C)(C)C1. The van der Waals surface area contributed by atoms with Crippen molar-refractivity contribution in [2.24, 2.45) is 5.41 Å². The van der Waals surface area contributed by atoms with Gasteiger partial charge in [-0.15, -0.1) is 11.6 Å². The average molecular weight is 283 g/mol. The number of nitrogens with zero attached hydrogens (tertiary/aromatic N) is 2. The Balaban J connectivity index is 2.42. The molecular weight excluding hydrogens is 260 g/mol. The first kappa shape index (κ1) is 14.4. The molecule has 0 amide bonds. The van der Waals surface area contributed by atoms with E-state index in [1.54, 1.807) is 13.3 Å². The lowest BCUT2D eigenvalue weighted by molar-refractivity contribution is 0.338. The van der Waals surface area contributed by atoms with Crippen molar-refractivity contribution in [1.82, 2.24) is 9.78 Å². The Bertz CT molecular complexity index is 476. The predicted octanol–water partition coefficient (Wildman–Crippen LogP) is 4.11. The summed E-state index contributed by atoms with van der Waals surface area (Å²) in [6.45, 7) is 7.59. The Morgan fingerprint density at radius 2 is 2.26 bits per heavy atom. The molecule has 106 valence electrons. The van der Waals surface area contributed by atoms with Crippen molar-refractivity contribution in [2.45, 2.75) is 52.0 Å². The van der Waals surface area contributed by atoms with E-state index in [4.69, 9.17) is 16.3 Å². The molecule has 0 saturated carbocycles. The van der Waals surface area contributed by atoms with Crippen molar-refractivity contribution in [3.63, 3.8) is 0 Å². The van der Waals surface area contributed by atoms with E-state index in [0.717, 1.165) is 37.3 Å². The van der Waals surface area contributed by atoms with E-state index in [1.165, 1.54) is 5.57 Å². The van der Waals surface area contributed by atoms with Gasteiger partial charge in [0.05, 0.1) is 18.7 Å². The lowest BCUT2D eigenvalue weighted by atomic mass is 9.76. The number of hydrogen-bond donors (Lipinski definition) is 0. The molecule has 3 nitrogen and oxygen atoms in total. The van der Waals surface area contributed by atoms with Gasteiger partial charge in [0.1, 0.15) is 5.69 Å². The van der Waals surface area contributed by atoms with E-state index in [-0.39, 0.29) is 10.8 Å². The molecule has 1 aromatic rings. The third kappa shape index (κ3) is 3.14. The first-order chi connectivity index (χ1) is 8.96. The number of aryl methyl sites for hydroxylation is 1. The van der Waals surface area contributed by atoms with Crippen LogP contribution >= 0.6 is 11.6 Å². The summed E-state index contributed by atoms with van der Waals surface area (Å²) in [4.78, 5) is 0. The summed E-state index contributed by atoms with van der Waals surface area (Å²) in [5.41, 5.74) is 2.59. The predicted molar refractivity (Wildman–Crippen MR) is 79.7 cm³/mol. The van der Waals surface area contributed by atoms with Crippen molar-refractivity contribution in [3.8, 4) is 5.75 Å². The number of alkyl halides is 1. The Hall–Kier alpha value is -0.960. The molecule has 1 aliphatic carbocycles. The molecule has 19 heavy (non-hydrogen) atoms. The molecule has 0 radical (unpaired) electrons. The van der Waals surface area contributed by atoms with Gasteiger partial charge in [0, 0.05) is 6.54 Å². The van der Waals surface area contributed by atoms with Crippen molar-refractivity contribution in [2.75, 3.05) is 7.11 Å². The van der Waals surface area contributed by atoms with Crippen molar-refractivity contribution < 1.29 is 4.74 Å². The Kier molecular flexibility index (Phi) is 4.24. The first-order valence-corrected chi connectivity index (χ1v) is 7.35. The van der Waals surface area contributed by atoms with Crippen LogP contribution in [0.5, 0.6) is 5.75 Å². The molecule has 1 unspecified atom stereocenters. The quantitative estimate of drug-likeness (QED) is 0.777. The van der Waals surface area contributed by atoms with E-state index >= 15 is 0 Å². The molecule has 0 aliphatic heterocycles. The van der Waals surface area contributed by atoms with Gasteiger partial charge in [-0.05, 0) is 30.3 Å². The number of methoxy groups -OCH3 is 1. The molecule has 1 heterocycles. The summed E-state index contributed by atoms with van der Waals surface area (Å²) in [7, 11) is 1.70. The highest BCUT2D eigenvalue weighted by Gasteiger charge is 2.30. The summed E-state index contributed by atoms with van der Waals surface area (Å²) in [6, 6.07) is 0. The molecule has 0 aromatic carbocycles. The van der Waals surface area contributed by atoms with E-state index in [2.05, 4.69) is 31.9 Å². The molecule has 0 spiro atoms. The molecular formula is C15H23ClN2O. The number of allylic oxidation sites excluding steroid dienone is 2.